The van der Waals surface area contributed by atoms with Gasteiger partial charge in [-0.1, -0.05) is 54.5 Å². The first-order valence-electron chi connectivity index (χ1n) is 15.7. The molecule has 0 bridgehead atoms. The molecule has 13 heteroatoms. The van der Waals surface area contributed by atoms with E-state index in [1.807, 2.05) is 48.5 Å². The normalized spacial score (nSPS) is 20.1. The number of Topliss-reactive ketones (excluding diaryl/α,β-unsaturated/α-hetero) is 1. The van der Waals surface area contributed by atoms with Crippen molar-refractivity contribution in [1.29, 1.82) is 0 Å². The third kappa shape index (κ3) is 10.5. The van der Waals surface area contributed by atoms with Gasteiger partial charge in [0, 0.05) is 38.8 Å². The molecule has 248 valence electrons. The van der Waals surface area contributed by atoms with Gasteiger partial charge >= 0.3 is 12.1 Å². The molecular weight excluding hydrogens is 566 g/mol. The highest BCUT2D eigenvalue weighted by Gasteiger charge is 2.47. The van der Waals surface area contributed by atoms with Gasteiger partial charge in [0.2, 0.25) is 17.6 Å². The first-order chi connectivity index (χ1) is 20.6. The van der Waals surface area contributed by atoms with Gasteiger partial charge in [0.1, 0.15) is 12.1 Å². The maximum atomic E-state index is 14.1. The van der Waals surface area contributed by atoms with Crippen LogP contribution in [0.1, 0.15) is 67.7 Å². The summed E-state index contributed by atoms with van der Waals surface area (Å²) in [5.74, 6) is -2.42. The minimum absolute atomic E-state index is 0.0586. The molecule has 2 fully saturated rings. The molecule has 2 heterocycles. The van der Waals surface area contributed by atoms with Crippen LogP contribution in [0.4, 0.5) is 9.59 Å². The average molecular weight is 620 g/mol. The number of ketones is 1. The molecule has 0 radical (unpaired) electrons. The van der Waals surface area contributed by atoms with Crippen molar-refractivity contribution in [1.82, 2.24) is 36.4 Å². The number of rotatable bonds is 14. The van der Waals surface area contributed by atoms with Crippen molar-refractivity contribution >= 4 is 35.6 Å². The third-order valence-corrected chi connectivity index (χ3v) is 8.02. The second kappa shape index (κ2) is 16.4. The molecule has 44 heavy (non-hydrogen) atoms. The maximum absolute atomic E-state index is 14.1. The van der Waals surface area contributed by atoms with E-state index in [4.69, 9.17) is 0 Å². The van der Waals surface area contributed by atoms with Crippen LogP contribution >= 0.6 is 0 Å². The van der Waals surface area contributed by atoms with Crippen LogP contribution in [0.5, 0.6) is 0 Å². The molecule has 4 atom stereocenters. The van der Waals surface area contributed by atoms with Crippen LogP contribution in [-0.4, -0.2) is 103 Å². The Hall–Kier alpha value is -3.64. The van der Waals surface area contributed by atoms with Crippen molar-refractivity contribution in [2.75, 3.05) is 39.3 Å². The lowest BCUT2D eigenvalue weighted by Crippen LogP contribution is -2.61. The fourth-order valence-corrected chi connectivity index (χ4v) is 5.75. The number of carbonyl (C=O) groups excluding carboxylic acids is 6. The SMILES string of the molecule is C=CCNC(=O)C(=O)CNC(=O)[C@@H]1[C@@H](C(C)C)CCN1C(=O)[C@@H](NC(=O)N[C@@H](CC(C)C)CN1CCCNC1=O)C(C)(C)C. The molecule has 2 rings (SSSR count). The summed E-state index contributed by atoms with van der Waals surface area (Å²) in [5.41, 5.74) is -0.703. The Kier molecular flexibility index (Phi) is 13.7. The molecule has 0 aromatic carbocycles. The molecular formula is C31H53N7O6. The lowest BCUT2D eigenvalue weighted by molar-refractivity contribution is -0.143. The van der Waals surface area contributed by atoms with Gasteiger partial charge in [-0.15, -0.1) is 6.58 Å². The third-order valence-electron chi connectivity index (χ3n) is 8.02. The van der Waals surface area contributed by atoms with Gasteiger partial charge in [0.15, 0.2) is 0 Å². The minimum Gasteiger partial charge on any atom is -0.347 e. The average Bonchev–Trinajstić information content (AvgIpc) is 3.39. The molecule has 7 amide bonds. The van der Waals surface area contributed by atoms with Gasteiger partial charge < -0.3 is 36.4 Å². The van der Waals surface area contributed by atoms with Crippen LogP contribution in [0.2, 0.25) is 0 Å². The highest BCUT2D eigenvalue weighted by Crippen LogP contribution is 2.33. The molecule has 5 N–H and O–H groups in total. The van der Waals surface area contributed by atoms with Crippen molar-refractivity contribution in [3.8, 4) is 0 Å². The standard InChI is InChI=1S/C31H53N7O6/c1-9-12-32-26(40)23(39)17-34-27(41)24-22(20(4)5)11-15-38(24)28(42)25(31(6,7)8)36-29(43)35-21(16-19(2)3)18-37-14-10-13-33-30(37)44/h9,19-22,24-25H,1,10-18H2,2-8H3,(H,32,40)(H,33,44)(H,34,41)(H2,35,36,43)/t21-,22+,24-,25+/m0/s1. The Morgan fingerprint density at radius 2 is 1.73 bits per heavy atom. The van der Waals surface area contributed by atoms with Crippen LogP contribution in [0, 0.1) is 23.2 Å². The van der Waals surface area contributed by atoms with Crippen LogP contribution in [0.25, 0.3) is 0 Å². The molecule has 2 saturated heterocycles. The van der Waals surface area contributed by atoms with E-state index in [9.17, 15) is 28.8 Å². The van der Waals surface area contributed by atoms with Gasteiger partial charge in [-0.3, -0.25) is 19.2 Å². The topological polar surface area (TPSA) is 169 Å². The second-order valence-corrected chi connectivity index (χ2v) is 13.6. The first kappa shape index (κ1) is 36.6. The molecule has 0 aliphatic carbocycles. The number of hydrogen-bond donors (Lipinski definition) is 5. The molecule has 13 nitrogen and oxygen atoms in total. The van der Waals surface area contributed by atoms with E-state index in [0.29, 0.717) is 39.0 Å². The molecule has 0 aromatic rings. The van der Waals surface area contributed by atoms with Crippen LogP contribution in [0.3, 0.4) is 0 Å². The van der Waals surface area contributed by atoms with E-state index in [-0.39, 0.29) is 36.4 Å². The summed E-state index contributed by atoms with van der Waals surface area (Å²) < 4.78 is 0. The Morgan fingerprint density at radius 3 is 2.30 bits per heavy atom. The highest BCUT2D eigenvalue weighted by atomic mass is 16.2. The summed E-state index contributed by atoms with van der Waals surface area (Å²) in [5, 5.41) is 13.6. The Morgan fingerprint density at radius 1 is 1.05 bits per heavy atom. The zero-order chi connectivity index (χ0) is 33.2. The molecule has 2 aliphatic rings. The van der Waals surface area contributed by atoms with Crippen molar-refractivity contribution in [3.05, 3.63) is 12.7 Å². The fraction of sp³-hybridized carbons (Fsp3) is 0.742. The predicted molar refractivity (Wildman–Crippen MR) is 167 cm³/mol. The summed E-state index contributed by atoms with van der Waals surface area (Å²) in [6, 6.07) is -2.85. The number of amides is 7. The quantitative estimate of drug-likeness (QED) is 0.145. The molecule has 0 saturated carbocycles. The maximum Gasteiger partial charge on any atom is 0.317 e. The lowest BCUT2D eigenvalue weighted by Gasteiger charge is -2.37. The summed E-state index contributed by atoms with van der Waals surface area (Å²) in [4.78, 5) is 80.6. The summed E-state index contributed by atoms with van der Waals surface area (Å²) in [6.45, 7) is 18.5. The molecule has 2 aliphatic heterocycles. The molecule has 0 aromatic heterocycles. The van der Waals surface area contributed by atoms with Crippen molar-refractivity contribution in [2.45, 2.75) is 85.9 Å². The summed E-state index contributed by atoms with van der Waals surface area (Å²) in [7, 11) is 0. The van der Waals surface area contributed by atoms with E-state index in [1.54, 1.807) is 4.90 Å². The van der Waals surface area contributed by atoms with E-state index < -0.39 is 53.6 Å². The van der Waals surface area contributed by atoms with E-state index >= 15 is 0 Å². The predicted octanol–water partition coefficient (Wildman–Crippen LogP) is 1.39. The minimum atomic E-state index is -0.965. The zero-order valence-corrected chi connectivity index (χ0v) is 27.5. The molecule has 0 spiro atoms. The smallest absolute Gasteiger partial charge is 0.317 e. The van der Waals surface area contributed by atoms with Gasteiger partial charge in [0.05, 0.1) is 6.54 Å². The van der Waals surface area contributed by atoms with E-state index in [0.717, 1.165) is 6.42 Å². The lowest BCUT2D eigenvalue weighted by atomic mass is 9.84. The number of likely N-dealkylation sites (tertiary alicyclic amines) is 1. The van der Waals surface area contributed by atoms with Crippen molar-refractivity contribution in [3.63, 3.8) is 0 Å². The fourth-order valence-electron chi connectivity index (χ4n) is 5.75. The number of urea groups is 2. The summed E-state index contributed by atoms with van der Waals surface area (Å²) >= 11 is 0. The van der Waals surface area contributed by atoms with Gasteiger partial charge in [-0.2, -0.15) is 0 Å². The van der Waals surface area contributed by atoms with Crippen molar-refractivity contribution < 1.29 is 28.8 Å². The Balaban J connectivity index is 2.19. The van der Waals surface area contributed by atoms with Crippen LogP contribution < -0.4 is 26.6 Å². The monoisotopic (exact) mass is 619 g/mol. The first-order valence-corrected chi connectivity index (χ1v) is 15.7. The Labute approximate surface area is 261 Å². The number of hydrogen-bond acceptors (Lipinski definition) is 6. The molecule has 0 unspecified atom stereocenters. The number of nitrogens with one attached hydrogen (secondary N) is 5. The van der Waals surface area contributed by atoms with Gasteiger partial charge in [-0.05, 0) is 42.4 Å². The summed E-state index contributed by atoms with van der Waals surface area (Å²) in [6.07, 6.45) is 3.48. The number of carbonyl (C=O) groups is 6. The van der Waals surface area contributed by atoms with Crippen LogP contribution in [-0.2, 0) is 19.2 Å². The van der Waals surface area contributed by atoms with Crippen LogP contribution in [0.15, 0.2) is 12.7 Å². The van der Waals surface area contributed by atoms with Gasteiger partial charge in [0.25, 0.3) is 5.91 Å². The second-order valence-electron chi connectivity index (χ2n) is 13.6. The number of nitrogens with zero attached hydrogens (tertiary/aromatic N) is 2. The highest BCUT2D eigenvalue weighted by molar-refractivity contribution is 6.37. The van der Waals surface area contributed by atoms with Gasteiger partial charge in [-0.25, -0.2) is 9.59 Å². The largest absolute Gasteiger partial charge is 0.347 e. The Bertz CT molecular complexity index is 1070. The zero-order valence-electron chi connectivity index (χ0n) is 27.5. The van der Waals surface area contributed by atoms with Crippen molar-refractivity contribution in [2.24, 2.45) is 23.2 Å². The van der Waals surface area contributed by atoms with E-state index in [2.05, 4.69) is 33.2 Å². The van der Waals surface area contributed by atoms with E-state index in [1.165, 1.54) is 11.0 Å².